The first-order valence-electron chi connectivity index (χ1n) is 11.7. The van der Waals surface area contributed by atoms with Gasteiger partial charge in [0.1, 0.15) is 0 Å². The minimum atomic E-state index is -4.00. The number of hydrazone groups is 1. The Balaban J connectivity index is 1.73. The number of hydrogen-bond donors (Lipinski definition) is 2. The summed E-state index contributed by atoms with van der Waals surface area (Å²) in [5, 5.41) is 6.59. The maximum absolute atomic E-state index is 13.4. The SMILES string of the molecule is CC(=O)Nc1ccc(S(=O)(=O)N(CCc2ccccc2)CC(=O)N/N=C\c2ccc(N(C)C)cc2)cc1. The molecule has 3 aromatic carbocycles. The van der Waals surface area contributed by atoms with E-state index in [0.29, 0.717) is 12.1 Å². The molecule has 2 amide bonds. The lowest BCUT2D eigenvalue weighted by atomic mass is 10.1. The van der Waals surface area contributed by atoms with E-state index in [4.69, 9.17) is 0 Å². The second-order valence-electron chi connectivity index (χ2n) is 8.56. The molecule has 0 radical (unpaired) electrons. The minimum Gasteiger partial charge on any atom is -0.378 e. The van der Waals surface area contributed by atoms with Gasteiger partial charge in [0.05, 0.1) is 17.7 Å². The van der Waals surface area contributed by atoms with Gasteiger partial charge < -0.3 is 10.2 Å². The highest BCUT2D eigenvalue weighted by Gasteiger charge is 2.26. The predicted molar refractivity (Wildman–Crippen MR) is 146 cm³/mol. The Morgan fingerprint density at radius 1 is 0.919 bits per heavy atom. The van der Waals surface area contributed by atoms with Crippen molar-refractivity contribution in [2.75, 3.05) is 37.4 Å². The first-order chi connectivity index (χ1) is 17.6. The Hall–Kier alpha value is -4.02. The molecule has 0 unspecified atom stereocenters. The van der Waals surface area contributed by atoms with E-state index in [-0.39, 0.29) is 17.3 Å². The van der Waals surface area contributed by atoms with Crippen LogP contribution < -0.4 is 15.6 Å². The van der Waals surface area contributed by atoms with Gasteiger partial charge in [-0.15, -0.1) is 0 Å². The molecule has 0 heterocycles. The summed E-state index contributed by atoms with van der Waals surface area (Å²) in [6.45, 7) is 1.07. The molecule has 0 bridgehead atoms. The zero-order valence-electron chi connectivity index (χ0n) is 21.1. The molecule has 0 fully saturated rings. The van der Waals surface area contributed by atoms with Crippen LogP contribution in [0.2, 0.25) is 0 Å². The molecule has 0 aliphatic heterocycles. The first kappa shape index (κ1) is 27.6. The molecule has 194 valence electrons. The Kier molecular flexibility index (Phi) is 9.53. The van der Waals surface area contributed by atoms with Gasteiger partial charge in [0.2, 0.25) is 15.9 Å². The largest absolute Gasteiger partial charge is 0.378 e. The molecule has 0 spiro atoms. The number of amides is 2. The fourth-order valence-electron chi connectivity index (χ4n) is 3.48. The van der Waals surface area contributed by atoms with E-state index in [2.05, 4.69) is 15.8 Å². The summed E-state index contributed by atoms with van der Waals surface area (Å²) in [6.07, 6.45) is 1.93. The van der Waals surface area contributed by atoms with Crippen molar-refractivity contribution in [3.05, 3.63) is 90.0 Å². The number of anilines is 2. The van der Waals surface area contributed by atoms with Crippen LogP contribution in [0, 0.1) is 0 Å². The highest BCUT2D eigenvalue weighted by Crippen LogP contribution is 2.19. The Morgan fingerprint density at radius 3 is 2.16 bits per heavy atom. The second-order valence-corrected chi connectivity index (χ2v) is 10.5. The first-order valence-corrected chi connectivity index (χ1v) is 13.1. The summed E-state index contributed by atoms with van der Waals surface area (Å²) in [5.41, 5.74) is 5.67. The number of carbonyl (C=O) groups excluding carboxylic acids is 2. The third kappa shape index (κ3) is 8.26. The van der Waals surface area contributed by atoms with Crippen LogP contribution in [0.1, 0.15) is 18.1 Å². The van der Waals surface area contributed by atoms with E-state index in [1.807, 2.05) is 73.6 Å². The third-order valence-corrected chi connectivity index (χ3v) is 7.30. The van der Waals surface area contributed by atoms with Gasteiger partial charge in [-0.05, 0) is 53.9 Å². The van der Waals surface area contributed by atoms with Crippen LogP contribution in [0.3, 0.4) is 0 Å². The predicted octanol–water partition coefficient (Wildman–Crippen LogP) is 3.09. The highest BCUT2D eigenvalue weighted by atomic mass is 32.2. The van der Waals surface area contributed by atoms with E-state index < -0.39 is 22.5 Å². The number of benzene rings is 3. The van der Waals surface area contributed by atoms with Gasteiger partial charge in [-0.25, -0.2) is 13.8 Å². The molecule has 0 aliphatic rings. The molecular formula is C27H31N5O4S. The molecule has 2 N–H and O–H groups in total. The molecule has 3 aromatic rings. The highest BCUT2D eigenvalue weighted by molar-refractivity contribution is 7.89. The van der Waals surface area contributed by atoms with Crippen molar-refractivity contribution >= 4 is 39.4 Å². The van der Waals surface area contributed by atoms with E-state index in [9.17, 15) is 18.0 Å². The van der Waals surface area contributed by atoms with E-state index in [1.54, 1.807) is 0 Å². The lowest BCUT2D eigenvalue weighted by Crippen LogP contribution is -2.40. The van der Waals surface area contributed by atoms with Crippen molar-refractivity contribution in [1.82, 2.24) is 9.73 Å². The zero-order valence-corrected chi connectivity index (χ0v) is 21.9. The van der Waals surface area contributed by atoms with Crippen LogP contribution in [0.5, 0.6) is 0 Å². The summed E-state index contributed by atoms with van der Waals surface area (Å²) in [4.78, 5) is 25.9. The molecule has 0 saturated carbocycles. The van der Waals surface area contributed by atoms with Crippen molar-refractivity contribution < 1.29 is 18.0 Å². The van der Waals surface area contributed by atoms with Gasteiger partial charge in [0, 0.05) is 38.9 Å². The lowest BCUT2D eigenvalue weighted by molar-refractivity contribution is -0.121. The fourth-order valence-corrected chi connectivity index (χ4v) is 4.88. The lowest BCUT2D eigenvalue weighted by Gasteiger charge is -2.21. The number of rotatable bonds is 11. The standard InChI is InChI=1S/C27H31N5O4S/c1-21(33)29-24-11-15-26(16-12-24)37(35,36)32(18-17-22-7-5-4-6-8-22)20-27(34)30-28-19-23-9-13-25(14-10-23)31(2)3/h4-16,19H,17-18,20H2,1-3H3,(H,29,33)(H,30,34)/b28-19-. The molecule has 0 aromatic heterocycles. The van der Waals surface area contributed by atoms with Gasteiger partial charge >= 0.3 is 0 Å². The van der Waals surface area contributed by atoms with Gasteiger partial charge in [0.15, 0.2) is 0 Å². The maximum Gasteiger partial charge on any atom is 0.255 e. The van der Waals surface area contributed by atoms with E-state index in [1.165, 1.54) is 37.4 Å². The summed E-state index contributed by atoms with van der Waals surface area (Å²) in [5.74, 6) is -0.821. The number of hydrogen-bond acceptors (Lipinski definition) is 6. The van der Waals surface area contributed by atoms with Crippen LogP contribution in [0.15, 0.2) is 88.9 Å². The fraction of sp³-hybridized carbons (Fsp3) is 0.222. The summed E-state index contributed by atoms with van der Waals surface area (Å²) < 4.78 is 28.0. The minimum absolute atomic E-state index is 0.0203. The second kappa shape index (κ2) is 12.8. The molecule has 0 aliphatic carbocycles. The van der Waals surface area contributed by atoms with Crippen molar-refractivity contribution in [2.24, 2.45) is 5.10 Å². The summed E-state index contributed by atoms with van der Waals surface area (Å²) >= 11 is 0. The topological polar surface area (TPSA) is 111 Å². The Labute approximate surface area is 217 Å². The number of nitrogens with zero attached hydrogens (tertiary/aromatic N) is 3. The van der Waals surface area contributed by atoms with Crippen molar-refractivity contribution in [2.45, 2.75) is 18.2 Å². The molecular weight excluding hydrogens is 490 g/mol. The average molecular weight is 522 g/mol. The van der Waals surface area contributed by atoms with Gasteiger partial charge in [-0.2, -0.15) is 9.41 Å². The average Bonchev–Trinajstić information content (AvgIpc) is 2.87. The molecule has 3 rings (SSSR count). The smallest absolute Gasteiger partial charge is 0.255 e. The zero-order chi connectivity index (χ0) is 26.8. The quantitative estimate of drug-likeness (QED) is 0.298. The monoisotopic (exact) mass is 521 g/mol. The van der Waals surface area contributed by atoms with E-state index in [0.717, 1.165) is 21.1 Å². The molecule has 0 saturated heterocycles. The van der Waals surface area contributed by atoms with Gasteiger partial charge in [-0.1, -0.05) is 42.5 Å². The third-order valence-electron chi connectivity index (χ3n) is 5.44. The van der Waals surface area contributed by atoms with Crippen molar-refractivity contribution in [3.63, 3.8) is 0 Å². The normalized spacial score (nSPS) is 11.5. The van der Waals surface area contributed by atoms with E-state index >= 15 is 0 Å². The van der Waals surface area contributed by atoms with Crippen molar-refractivity contribution in [1.29, 1.82) is 0 Å². The summed E-state index contributed by atoms with van der Waals surface area (Å²) in [7, 11) is -0.113. The molecule has 37 heavy (non-hydrogen) atoms. The van der Waals surface area contributed by atoms with Crippen LogP contribution in [0.4, 0.5) is 11.4 Å². The molecule has 10 heteroatoms. The van der Waals surface area contributed by atoms with Crippen LogP contribution in [-0.2, 0) is 26.0 Å². The molecule has 9 nitrogen and oxygen atoms in total. The maximum atomic E-state index is 13.4. The number of nitrogens with one attached hydrogen (secondary N) is 2. The summed E-state index contributed by atoms with van der Waals surface area (Å²) in [6, 6.07) is 22.9. The number of sulfonamides is 1. The van der Waals surface area contributed by atoms with Gasteiger partial charge in [-0.3, -0.25) is 9.59 Å². The number of carbonyl (C=O) groups is 2. The van der Waals surface area contributed by atoms with Crippen LogP contribution in [-0.4, -0.2) is 57.9 Å². The van der Waals surface area contributed by atoms with Gasteiger partial charge in [0.25, 0.3) is 5.91 Å². The molecule has 0 atom stereocenters. The Bertz CT molecular complexity index is 1320. The Morgan fingerprint density at radius 2 is 1.57 bits per heavy atom. The van der Waals surface area contributed by atoms with Crippen molar-refractivity contribution in [3.8, 4) is 0 Å². The van der Waals surface area contributed by atoms with Crippen LogP contribution >= 0.6 is 0 Å². The van der Waals surface area contributed by atoms with Crippen LogP contribution in [0.25, 0.3) is 0 Å².